The molecule has 4 rings (SSSR count). The van der Waals surface area contributed by atoms with Crippen molar-refractivity contribution in [1.82, 2.24) is 9.88 Å². The molecule has 6 nitrogen and oxygen atoms in total. The van der Waals surface area contributed by atoms with Crippen LogP contribution in [0.4, 0.5) is 0 Å². The zero-order chi connectivity index (χ0) is 23.5. The molecule has 1 aliphatic heterocycles. The van der Waals surface area contributed by atoms with Crippen LogP contribution in [0.3, 0.4) is 0 Å². The lowest BCUT2D eigenvalue weighted by Crippen LogP contribution is -2.37. The van der Waals surface area contributed by atoms with Crippen LogP contribution in [0.25, 0.3) is 0 Å². The molecule has 3 aromatic rings. The van der Waals surface area contributed by atoms with Crippen LogP contribution < -0.4 is 9.47 Å². The Labute approximate surface area is 198 Å². The number of fused-ring (bicyclic) bond motifs is 1. The van der Waals surface area contributed by atoms with Crippen LogP contribution >= 0.6 is 11.6 Å². The molecule has 0 saturated carbocycles. The minimum absolute atomic E-state index is 0.181. The number of hydrogen-bond acceptors (Lipinski definition) is 5. The van der Waals surface area contributed by atoms with Crippen molar-refractivity contribution < 1.29 is 14.3 Å². The van der Waals surface area contributed by atoms with Crippen LogP contribution in [0.5, 0.6) is 11.6 Å². The van der Waals surface area contributed by atoms with Crippen molar-refractivity contribution >= 4 is 17.5 Å². The third-order valence-corrected chi connectivity index (χ3v) is 6.15. The molecule has 2 aromatic carbocycles. The molecule has 0 saturated heterocycles. The summed E-state index contributed by atoms with van der Waals surface area (Å²) in [5.74, 6) is 0.560. The molecule has 0 atom stereocenters. The number of aryl methyl sites for hydroxylation is 2. The molecule has 0 aliphatic carbocycles. The van der Waals surface area contributed by atoms with Gasteiger partial charge in [-0.25, -0.2) is 4.98 Å². The Morgan fingerprint density at radius 3 is 2.67 bits per heavy atom. The van der Waals surface area contributed by atoms with Gasteiger partial charge >= 0.3 is 0 Å². The summed E-state index contributed by atoms with van der Waals surface area (Å²) in [7, 11) is 1.44. The van der Waals surface area contributed by atoms with E-state index in [4.69, 9.17) is 21.1 Å². The SMILES string of the molecule is COc1c(C#N)cc2c(c1Cl)C(=O)N(Cc1c(C)cc(C)nc1OCc1ccccc1)CC2. The molecule has 2 heterocycles. The summed E-state index contributed by atoms with van der Waals surface area (Å²) in [6, 6.07) is 15.7. The second-order valence-corrected chi connectivity index (χ2v) is 8.41. The third-order valence-electron chi connectivity index (χ3n) is 5.78. The summed E-state index contributed by atoms with van der Waals surface area (Å²) in [6.45, 7) is 5.16. The van der Waals surface area contributed by atoms with E-state index in [1.165, 1.54) is 7.11 Å². The number of nitrogens with zero attached hydrogens (tertiary/aromatic N) is 3. The summed E-state index contributed by atoms with van der Waals surface area (Å²) < 4.78 is 11.4. The van der Waals surface area contributed by atoms with Crippen LogP contribution in [-0.2, 0) is 19.6 Å². The average molecular weight is 462 g/mol. The number of methoxy groups -OCH3 is 1. The van der Waals surface area contributed by atoms with Crippen LogP contribution in [0, 0.1) is 25.2 Å². The summed E-state index contributed by atoms with van der Waals surface area (Å²) in [5, 5.41) is 9.58. The fraction of sp³-hybridized carbons (Fsp3) is 0.269. The van der Waals surface area contributed by atoms with Crippen molar-refractivity contribution in [1.29, 1.82) is 5.26 Å². The molecular formula is C26H24ClN3O3. The number of benzene rings is 2. The van der Waals surface area contributed by atoms with Crippen molar-refractivity contribution in [2.75, 3.05) is 13.7 Å². The quantitative estimate of drug-likeness (QED) is 0.515. The largest absolute Gasteiger partial charge is 0.494 e. The lowest BCUT2D eigenvalue weighted by molar-refractivity contribution is 0.0724. The number of aromatic nitrogens is 1. The molecule has 0 spiro atoms. The highest BCUT2D eigenvalue weighted by Gasteiger charge is 2.31. The van der Waals surface area contributed by atoms with E-state index in [-0.39, 0.29) is 16.7 Å². The Hall–Kier alpha value is -3.56. The highest BCUT2D eigenvalue weighted by Crippen LogP contribution is 2.38. The van der Waals surface area contributed by atoms with Gasteiger partial charge in [-0.05, 0) is 49.1 Å². The number of pyridine rings is 1. The average Bonchev–Trinajstić information content (AvgIpc) is 2.81. The van der Waals surface area contributed by atoms with Crippen molar-refractivity contribution in [3.8, 4) is 17.7 Å². The minimum Gasteiger partial charge on any atom is -0.494 e. The number of ether oxygens (including phenoxy) is 2. The number of carbonyl (C=O) groups is 1. The van der Waals surface area contributed by atoms with Gasteiger partial charge in [0.2, 0.25) is 5.88 Å². The fourth-order valence-corrected chi connectivity index (χ4v) is 4.50. The first-order chi connectivity index (χ1) is 15.9. The van der Waals surface area contributed by atoms with Gasteiger partial charge in [-0.3, -0.25) is 4.79 Å². The van der Waals surface area contributed by atoms with E-state index in [9.17, 15) is 10.1 Å². The lowest BCUT2D eigenvalue weighted by atomic mass is 9.95. The van der Waals surface area contributed by atoms with Crippen molar-refractivity contribution in [3.05, 3.63) is 86.6 Å². The number of amides is 1. The van der Waals surface area contributed by atoms with Crippen molar-refractivity contribution in [2.24, 2.45) is 0 Å². The van der Waals surface area contributed by atoms with E-state index in [2.05, 4.69) is 11.1 Å². The second kappa shape index (κ2) is 9.51. The topological polar surface area (TPSA) is 75.5 Å². The normalized spacial score (nSPS) is 12.8. The maximum Gasteiger partial charge on any atom is 0.256 e. The molecule has 0 fully saturated rings. The second-order valence-electron chi connectivity index (χ2n) is 8.03. The smallest absolute Gasteiger partial charge is 0.256 e. The van der Waals surface area contributed by atoms with Gasteiger partial charge in [0.1, 0.15) is 12.7 Å². The van der Waals surface area contributed by atoms with E-state index < -0.39 is 0 Å². The summed E-state index contributed by atoms with van der Waals surface area (Å²) >= 11 is 6.51. The first kappa shape index (κ1) is 22.6. The lowest BCUT2D eigenvalue weighted by Gasteiger charge is -2.30. The van der Waals surface area contributed by atoms with Crippen molar-refractivity contribution in [3.63, 3.8) is 0 Å². The number of halogens is 1. The van der Waals surface area contributed by atoms with E-state index in [1.54, 1.807) is 11.0 Å². The molecule has 0 N–H and O–H groups in total. The Bertz CT molecular complexity index is 1250. The minimum atomic E-state index is -0.196. The predicted octanol–water partition coefficient (Wildman–Crippen LogP) is 5.01. The molecule has 0 bridgehead atoms. The summed E-state index contributed by atoms with van der Waals surface area (Å²) in [4.78, 5) is 19.8. The van der Waals surface area contributed by atoms with E-state index in [0.29, 0.717) is 43.1 Å². The highest BCUT2D eigenvalue weighted by molar-refractivity contribution is 6.35. The molecular weight excluding hydrogens is 438 g/mol. The molecule has 1 aromatic heterocycles. The molecule has 33 heavy (non-hydrogen) atoms. The van der Waals surface area contributed by atoms with E-state index in [1.807, 2.05) is 50.2 Å². The zero-order valence-electron chi connectivity index (χ0n) is 18.8. The number of hydrogen-bond donors (Lipinski definition) is 0. The van der Waals surface area contributed by atoms with E-state index >= 15 is 0 Å². The first-order valence-corrected chi connectivity index (χ1v) is 11.0. The van der Waals surface area contributed by atoms with Gasteiger partial charge < -0.3 is 14.4 Å². The number of nitriles is 1. The van der Waals surface area contributed by atoms with Crippen molar-refractivity contribution in [2.45, 2.75) is 33.4 Å². The van der Waals surface area contributed by atoms with E-state index in [0.717, 1.165) is 27.9 Å². The Balaban J connectivity index is 1.64. The molecule has 7 heteroatoms. The first-order valence-electron chi connectivity index (χ1n) is 10.7. The molecule has 0 radical (unpaired) electrons. The Morgan fingerprint density at radius 2 is 1.97 bits per heavy atom. The van der Waals surface area contributed by atoms with Crippen LogP contribution in [-0.4, -0.2) is 29.4 Å². The zero-order valence-corrected chi connectivity index (χ0v) is 19.6. The summed E-state index contributed by atoms with van der Waals surface area (Å²) in [6.07, 6.45) is 0.595. The molecule has 1 amide bonds. The number of rotatable bonds is 6. The summed E-state index contributed by atoms with van der Waals surface area (Å²) in [5.41, 5.74) is 5.25. The van der Waals surface area contributed by atoms with Crippen LogP contribution in [0.1, 0.15) is 43.9 Å². The Morgan fingerprint density at radius 1 is 1.21 bits per heavy atom. The maximum atomic E-state index is 13.4. The van der Waals surface area contributed by atoms with Gasteiger partial charge in [0.15, 0.2) is 5.75 Å². The molecule has 1 aliphatic rings. The van der Waals surface area contributed by atoms with Gasteiger partial charge in [-0.15, -0.1) is 0 Å². The third kappa shape index (κ3) is 4.50. The predicted molar refractivity (Wildman–Crippen MR) is 126 cm³/mol. The van der Waals surface area contributed by atoms with Gasteiger partial charge in [0.25, 0.3) is 5.91 Å². The standard InChI is InChI=1S/C26H24ClN3O3/c1-16-11-17(2)29-25(33-15-18-7-5-4-6-8-18)21(16)14-30-10-9-19-12-20(13-28)24(32-3)23(27)22(19)26(30)31/h4-8,11-12H,9-10,14-15H2,1-3H3. The highest BCUT2D eigenvalue weighted by atomic mass is 35.5. The number of carbonyl (C=O) groups excluding carboxylic acids is 1. The molecule has 168 valence electrons. The van der Waals surface area contributed by atoms with Gasteiger partial charge in [-0.2, -0.15) is 5.26 Å². The van der Waals surface area contributed by atoms with Crippen LogP contribution in [0.2, 0.25) is 5.02 Å². The van der Waals surface area contributed by atoms with Gasteiger partial charge in [-0.1, -0.05) is 41.9 Å². The maximum absolute atomic E-state index is 13.4. The van der Waals surface area contributed by atoms with Gasteiger partial charge in [0.05, 0.1) is 29.8 Å². The monoisotopic (exact) mass is 461 g/mol. The fourth-order valence-electron chi connectivity index (χ4n) is 4.12. The molecule has 0 unspecified atom stereocenters. The Kier molecular flexibility index (Phi) is 6.52. The van der Waals surface area contributed by atoms with Crippen LogP contribution in [0.15, 0.2) is 42.5 Å². The van der Waals surface area contributed by atoms with Gasteiger partial charge in [0, 0.05) is 17.8 Å².